The molecular weight excluding hydrogens is 509 g/mol. The third-order valence-electron chi connectivity index (χ3n) is 6.06. The van der Waals surface area contributed by atoms with E-state index in [1.54, 1.807) is 17.5 Å². The van der Waals surface area contributed by atoms with Crippen LogP contribution in [0.25, 0.3) is 27.6 Å². The van der Waals surface area contributed by atoms with Crippen LogP contribution in [-0.2, 0) is 16.2 Å². The van der Waals surface area contributed by atoms with Gasteiger partial charge in [0, 0.05) is 41.8 Å². The molecule has 186 valence electrons. The molecule has 11 heteroatoms. The van der Waals surface area contributed by atoms with Gasteiger partial charge in [0.05, 0.1) is 16.2 Å². The molecule has 0 unspecified atom stereocenters. The van der Waals surface area contributed by atoms with Gasteiger partial charge in [-0.15, -0.1) is 11.3 Å². The molecule has 1 aliphatic heterocycles. The van der Waals surface area contributed by atoms with E-state index in [4.69, 9.17) is 0 Å². The van der Waals surface area contributed by atoms with Crippen LogP contribution in [0, 0.1) is 0 Å². The zero-order chi connectivity index (χ0) is 25.5. The highest BCUT2D eigenvalue weighted by Gasteiger charge is 2.32. The maximum absolute atomic E-state index is 13.6. The van der Waals surface area contributed by atoms with Gasteiger partial charge in [0.15, 0.2) is 5.13 Å². The van der Waals surface area contributed by atoms with Crippen LogP contribution in [0.15, 0.2) is 71.2 Å². The third-order valence-corrected chi connectivity index (χ3v) is 8.21. The molecular formula is C25H21F3N4O2S2. The zero-order valence-corrected chi connectivity index (χ0v) is 20.7. The van der Waals surface area contributed by atoms with E-state index in [0.717, 1.165) is 18.2 Å². The minimum absolute atomic E-state index is 0.0491. The monoisotopic (exact) mass is 530 g/mol. The van der Waals surface area contributed by atoms with Gasteiger partial charge in [-0.3, -0.25) is 9.71 Å². The molecule has 4 aromatic rings. The van der Waals surface area contributed by atoms with E-state index in [-0.39, 0.29) is 10.0 Å². The first-order chi connectivity index (χ1) is 17.1. The maximum atomic E-state index is 13.6. The van der Waals surface area contributed by atoms with Crippen LogP contribution in [0.1, 0.15) is 17.5 Å². The fraction of sp³-hybridized carbons (Fsp3) is 0.200. The number of nitrogens with zero attached hydrogens (tertiary/aromatic N) is 3. The summed E-state index contributed by atoms with van der Waals surface area (Å²) in [5.41, 5.74) is 1.66. The number of pyridine rings is 1. The lowest BCUT2D eigenvalue weighted by molar-refractivity contribution is -0.137. The number of alkyl halides is 3. The summed E-state index contributed by atoms with van der Waals surface area (Å²) in [5.74, 6) is 0. The molecule has 0 saturated carbocycles. The van der Waals surface area contributed by atoms with Crippen LogP contribution >= 0.6 is 11.3 Å². The highest BCUT2D eigenvalue weighted by molar-refractivity contribution is 7.93. The molecule has 0 fully saturated rings. The van der Waals surface area contributed by atoms with Crippen molar-refractivity contribution < 1.29 is 21.6 Å². The number of nitrogens with one attached hydrogen (secondary N) is 1. The largest absolute Gasteiger partial charge is 0.416 e. The van der Waals surface area contributed by atoms with Crippen molar-refractivity contribution in [3.05, 3.63) is 77.4 Å². The van der Waals surface area contributed by atoms with Crippen LogP contribution in [0.4, 0.5) is 18.3 Å². The average Bonchev–Trinajstić information content (AvgIpc) is 3.35. The van der Waals surface area contributed by atoms with Gasteiger partial charge in [0.2, 0.25) is 0 Å². The Morgan fingerprint density at radius 2 is 1.86 bits per heavy atom. The fourth-order valence-corrected chi connectivity index (χ4v) is 6.02. The average molecular weight is 531 g/mol. The van der Waals surface area contributed by atoms with Crippen molar-refractivity contribution >= 4 is 42.8 Å². The molecule has 0 atom stereocenters. The quantitative estimate of drug-likeness (QED) is 0.348. The van der Waals surface area contributed by atoms with E-state index < -0.39 is 21.8 Å². The lowest BCUT2D eigenvalue weighted by Gasteiger charge is -2.24. The molecule has 3 heterocycles. The van der Waals surface area contributed by atoms with Crippen LogP contribution < -0.4 is 4.72 Å². The van der Waals surface area contributed by atoms with E-state index in [2.05, 4.69) is 19.6 Å². The SMILES string of the molecule is CN1CC=C(c2cc(C(F)(F)F)ccc2-c2nccc3cc(S(=O)(=O)Nc4nccs4)ccc23)CC1. The normalized spacial score (nSPS) is 15.2. The first-order valence-electron chi connectivity index (χ1n) is 11.0. The molecule has 2 aromatic carbocycles. The predicted molar refractivity (Wildman–Crippen MR) is 135 cm³/mol. The summed E-state index contributed by atoms with van der Waals surface area (Å²) in [7, 11) is -1.91. The highest BCUT2D eigenvalue weighted by Crippen LogP contribution is 2.39. The Labute approximate surface area is 210 Å². The number of likely N-dealkylation sites (N-methyl/N-ethyl adjacent to an activating group) is 1. The summed E-state index contributed by atoms with van der Waals surface area (Å²) >= 11 is 1.17. The summed E-state index contributed by atoms with van der Waals surface area (Å²) in [6.07, 6.45) is 1.12. The van der Waals surface area contributed by atoms with Gasteiger partial charge in [0.25, 0.3) is 10.0 Å². The first-order valence-corrected chi connectivity index (χ1v) is 13.4. The third kappa shape index (κ3) is 4.86. The Kier molecular flexibility index (Phi) is 6.31. The summed E-state index contributed by atoms with van der Waals surface area (Å²) in [4.78, 5) is 10.6. The molecule has 0 amide bonds. The number of hydrogen-bond acceptors (Lipinski definition) is 6. The summed E-state index contributed by atoms with van der Waals surface area (Å²) in [5, 5.41) is 3.16. The molecule has 36 heavy (non-hydrogen) atoms. The summed E-state index contributed by atoms with van der Waals surface area (Å²) in [6, 6.07) is 10.00. The standard InChI is InChI=1S/C25H21F3N4O2S2/c1-32-11-7-16(8-12-32)22-15-18(25(26,27)28)2-4-21(22)23-20-5-3-19(14-17(20)6-9-29-23)36(33,34)31-24-30-10-13-35-24/h2-7,9-10,13-15H,8,11-12H2,1H3,(H,30,31). The van der Waals surface area contributed by atoms with Crippen molar-refractivity contribution in [1.29, 1.82) is 0 Å². The molecule has 1 aliphatic rings. The van der Waals surface area contributed by atoms with Gasteiger partial charge in [-0.25, -0.2) is 13.4 Å². The molecule has 6 nitrogen and oxygen atoms in total. The van der Waals surface area contributed by atoms with Crippen LogP contribution in [-0.4, -0.2) is 43.4 Å². The molecule has 0 aliphatic carbocycles. The Bertz CT molecular complexity index is 1570. The molecule has 2 aromatic heterocycles. The summed E-state index contributed by atoms with van der Waals surface area (Å²) < 4.78 is 68.8. The number of thiazole rings is 1. The van der Waals surface area contributed by atoms with Gasteiger partial charge in [-0.05, 0) is 60.3 Å². The number of rotatable bonds is 5. The first kappa shape index (κ1) is 24.4. The number of hydrogen-bond donors (Lipinski definition) is 1. The van der Waals surface area contributed by atoms with Crippen molar-refractivity contribution in [1.82, 2.24) is 14.9 Å². The molecule has 0 spiro atoms. The van der Waals surface area contributed by atoms with E-state index in [9.17, 15) is 21.6 Å². The molecule has 0 bridgehead atoms. The predicted octanol–water partition coefficient (Wildman–Crippen LogP) is 5.90. The smallest absolute Gasteiger partial charge is 0.302 e. The van der Waals surface area contributed by atoms with Crippen molar-refractivity contribution in [3.63, 3.8) is 0 Å². The number of halogens is 3. The Morgan fingerprint density at radius 1 is 1.03 bits per heavy atom. The molecule has 0 radical (unpaired) electrons. The topological polar surface area (TPSA) is 75.2 Å². The van der Waals surface area contributed by atoms with E-state index in [1.165, 1.54) is 48.0 Å². The second-order valence-corrected chi connectivity index (χ2v) is 11.1. The Hall–Kier alpha value is -3.28. The van der Waals surface area contributed by atoms with Gasteiger partial charge < -0.3 is 4.90 Å². The number of fused-ring (bicyclic) bond motifs is 1. The lowest BCUT2D eigenvalue weighted by Crippen LogP contribution is -2.24. The highest BCUT2D eigenvalue weighted by atomic mass is 32.2. The molecule has 5 rings (SSSR count). The fourth-order valence-electron chi connectivity index (χ4n) is 4.19. The Balaban J connectivity index is 1.62. The van der Waals surface area contributed by atoms with Crippen molar-refractivity contribution in [3.8, 4) is 11.3 Å². The van der Waals surface area contributed by atoms with Gasteiger partial charge >= 0.3 is 6.18 Å². The van der Waals surface area contributed by atoms with E-state index in [0.29, 0.717) is 40.6 Å². The molecule has 0 saturated heterocycles. The maximum Gasteiger partial charge on any atom is 0.416 e. The van der Waals surface area contributed by atoms with E-state index in [1.807, 2.05) is 13.1 Å². The van der Waals surface area contributed by atoms with Crippen molar-refractivity contribution in [2.24, 2.45) is 0 Å². The molecule has 1 N–H and O–H groups in total. The van der Waals surface area contributed by atoms with E-state index >= 15 is 0 Å². The van der Waals surface area contributed by atoms with Crippen molar-refractivity contribution in [2.75, 3.05) is 24.9 Å². The Morgan fingerprint density at radius 3 is 2.56 bits per heavy atom. The second-order valence-electron chi connectivity index (χ2n) is 8.48. The van der Waals surface area contributed by atoms with Gasteiger partial charge in [0.1, 0.15) is 0 Å². The number of anilines is 1. The zero-order valence-electron chi connectivity index (χ0n) is 19.1. The van der Waals surface area contributed by atoms with Crippen molar-refractivity contribution in [2.45, 2.75) is 17.5 Å². The minimum Gasteiger partial charge on any atom is -0.302 e. The lowest BCUT2D eigenvalue weighted by atomic mass is 9.90. The van der Waals surface area contributed by atoms with Gasteiger partial charge in [-0.1, -0.05) is 18.2 Å². The number of aromatic nitrogens is 2. The second kappa shape index (κ2) is 9.30. The van der Waals surface area contributed by atoms with Crippen LogP contribution in [0.5, 0.6) is 0 Å². The number of benzene rings is 2. The van der Waals surface area contributed by atoms with Crippen LogP contribution in [0.2, 0.25) is 0 Å². The minimum atomic E-state index is -4.47. The number of sulfonamides is 1. The summed E-state index contributed by atoms with van der Waals surface area (Å²) in [6.45, 7) is 1.37. The van der Waals surface area contributed by atoms with Crippen LogP contribution in [0.3, 0.4) is 0 Å². The van der Waals surface area contributed by atoms with Gasteiger partial charge in [-0.2, -0.15) is 13.2 Å².